The molecule has 2 aliphatic rings. The number of ether oxygens (including phenoxy) is 3. The lowest BCUT2D eigenvalue weighted by atomic mass is 9.98. The van der Waals surface area contributed by atoms with Gasteiger partial charge in [-0.05, 0) is 24.8 Å². The van der Waals surface area contributed by atoms with Crippen molar-refractivity contribution in [2.24, 2.45) is 0 Å². The summed E-state index contributed by atoms with van der Waals surface area (Å²) < 4.78 is 18.1. The predicted octanol–water partition coefficient (Wildman–Crippen LogP) is 4.04. The first-order chi connectivity index (χ1) is 12.2. The molecule has 5 heteroatoms. The minimum absolute atomic E-state index is 0.0200. The lowest BCUT2D eigenvalue weighted by Gasteiger charge is -2.26. The number of Topliss-reactive ketones (excluding diaryl/α,β-unsaturated/α-hetero) is 1. The summed E-state index contributed by atoms with van der Waals surface area (Å²) in [6.45, 7) is 3.22. The third-order valence-electron chi connectivity index (χ3n) is 5.01. The monoisotopic (exact) mass is 410 g/mol. The van der Waals surface area contributed by atoms with Crippen LogP contribution in [-0.4, -0.2) is 41.6 Å². The third kappa shape index (κ3) is 5.13. The van der Waals surface area contributed by atoms with E-state index in [1.54, 1.807) is 0 Å². The molecule has 5 atom stereocenters. The summed E-state index contributed by atoms with van der Waals surface area (Å²) >= 11 is 3.71. The molecule has 0 unspecified atom stereocenters. The maximum absolute atomic E-state index is 12.2. The highest BCUT2D eigenvalue weighted by Gasteiger charge is 2.44. The summed E-state index contributed by atoms with van der Waals surface area (Å²) in [5.74, 6) is 0.182. The van der Waals surface area contributed by atoms with Gasteiger partial charge < -0.3 is 14.2 Å². The fraction of sp³-hybridized carbons (Fsp3) is 0.650. The zero-order valence-corrected chi connectivity index (χ0v) is 16.3. The lowest BCUT2D eigenvalue weighted by molar-refractivity contribution is -0.136. The lowest BCUT2D eigenvalue weighted by Crippen LogP contribution is -2.36. The van der Waals surface area contributed by atoms with Gasteiger partial charge in [0.05, 0.1) is 24.9 Å². The molecule has 2 aliphatic heterocycles. The third-order valence-corrected chi connectivity index (χ3v) is 5.97. The Bertz CT molecular complexity index is 550. The number of ketones is 1. The topological polar surface area (TPSA) is 44.8 Å². The van der Waals surface area contributed by atoms with Crippen molar-refractivity contribution in [2.45, 2.75) is 74.9 Å². The molecule has 1 aromatic carbocycles. The van der Waals surface area contributed by atoms with Crippen LogP contribution in [0.2, 0.25) is 0 Å². The average Bonchev–Trinajstić information content (AvgIpc) is 2.89. The quantitative estimate of drug-likeness (QED) is 0.479. The van der Waals surface area contributed by atoms with E-state index in [9.17, 15) is 4.79 Å². The minimum atomic E-state index is -0.324. The van der Waals surface area contributed by atoms with E-state index in [4.69, 9.17) is 14.2 Å². The van der Waals surface area contributed by atoms with Gasteiger partial charge in [0.15, 0.2) is 5.78 Å². The summed E-state index contributed by atoms with van der Waals surface area (Å²) in [7, 11) is 0. The van der Waals surface area contributed by atoms with Crippen molar-refractivity contribution >= 4 is 21.7 Å². The molecule has 2 saturated heterocycles. The second kappa shape index (κ2) is 9.26. The van der Waals surface area contributed by atoms with Crippen molar-refractivity contribution in [1.29, 1.82) is 0 Å². The van der Waals surface area contributed by atoms with Crippen molar-refractivity contribution in [2.75, 3.05) is 6.61 Å². The fourth-order valence-electron chi connectivity index (χ4n) is 3.59. The Morgan fingerprint density at radius 2 is 2.00 bits per heavy atom. The molecule has 138 valence electrons. The van der Waals surface area contributed by atoms with Crippen molar-refractivity contribution in [3.63, 3.8) is 0 Å². The Morgan fingerprint density at radius 1 is 1.20 bits per heavy atom. The first kappa shape index (κ1) is 19.0. The number of hydrogen-bond acceptors (Lipinski definition) is 4. The Hall–Kier alpha value is -0.750. The Kier molecular flexibility index (Phi) is 7.05. The van der Waals surface area contributed by atoms with Crippen LogP contribution >= 0.6 is 15.9 Å². The summed E-state index contributed by atoms with van der Waals surface area (Å²) in [4.78, 5) is 12.5. The van der Waals surface area contributed by atoms with Gasteiger partial charge in [-0.3, -0.25) is 4.79 Å². The molecule has 0 aromatic heterocycles. The summed E-state index contributed by atoms with van der Waals surface area (Å²) in [6, 6.07) is 10.2. The van der Waals surface area contributed by atoms with Crippen LogP contribution in [0.3, 0.4) is 0 Å². The van der Waals surface area contributed by atoms with Crippen molar-refractivity contribution in [3.05, 3.63) is 35.9 Å². The number of halogens is 1. The number of hydrogen-bond donors (Lipinski definition) is 0. The van der Waals surface area contributed by atoms with Crippen LogP contribution in [0.15, 0.2) is 30.3 Å². The van der Waals surface area contributed by atoms with Gasteiger partial charge in [-0.15, -0.1) is 0 Å². The maximum Gasteiger partial charge on any atom is 0.161 e. The summed E-state index contributed by atoms with van der Waals surface area (Å²) in [5.41, 5.74) is 1.19. The molecule has 0 amide bonds. The molecule has 0 aliphatic carbocycles. The molecule has 4 nitrogen and oxygen atoms in total. The van der Waals surface area contributed by atoms with E-state index in [1.807, 2.05) is 25.1 Å². The highest BCUT2D eigenvalue weighted by molar-refractivity contribution is 9.09. The fourth-order valence-corrected chi connectivity index (χ4v) is 4.30. The van der Waals surface area contributed by atoms with Gasteiger partial charge in [0, 0.05) is 24.3 Å². The molecule has 3 rings (SSSR count). The van der Waals surface area contributed by atoms with E-state index in [0.717, 1.165) is 19.3 Å². The van der Waals surface area contributed by atoms with Crippen LogP contribution in [0.1, 0.15) is 44.6 Å². The molecule has 2 heterocycles. The van der Waals surface area contributed by atoms with Gasteiger partial charge >= 0.3 is 0 Å². The molecule has 25 heavy (non-hydrogen) atoms. The second-order valence-electron chi connectivity index (χ2n) is 6.86. The predicted molar refractivity (Wildman–Crippen MR) is 99.9 cm³/mol. The zero-order chi connectivity index (χ0) is 17.6. The van der Waals surface area contributed by atoms with Gasteiger partial charge in [0.1, 0.15) is 6.10 Å². The highest BCUT2D eigenvalue weighted by Crippen LogP contribution is 2.37. The minimum Gasteiger partial charge on any atom is -0.377 e. The Balaban J connectivity index is 1.47. The van der Waals surface area contributed by atoms with Gasteiger partial charge in [0.25, 0.3) is 0 Å². The van der Waals surface area contributed by atoms with Crippen molar-refractivity contribution < 1.29 is 19.0 Å². The van der Waals surface area contributed by atoms with Gasteiger partial charge in [-0.1, -0.05) is 53.2 Å². The summed E-state index contributed by atoms with van der Waals surface area (Å²) in [6.07, 6.45) is 3.73. The van der Waals surface area contributed by atoms with Crippen LogP contribution in [-0.2, 0) is 25.6 Å². The Morgan fingerprint density at radius 3 is 2.76 bits per heavy atom. The molecule has 2 fully saturated rings. The molecule has 0 radical (unpaired) electrons. The van der Waals surface area contributed by atoms with Gasteiger partial charge in [-0.2, -0.15) is 0 Å². The van der Waals surface area contributed by atoms with E-state index >= 15 is 0 Å². The number of fused-ring (bicyclic) bond motifs is 2. The van der Waals surface area contributed by atoms with E-state index in [0.29, 0.717) is 30.9 Å². The number of carbonyl (C=O) groups excluding carboxylic acids is 1. The number of carbonyl (C=O) groups is 1. The number of alkyl halides is 1. The standard InChI is InChI=1S/C20H27BrO4/c1-2-16(22)19-12-18-15(21)11-20(25-18)17(24-19)9-6-10-23-13-14-7-4-3-5-8-14/h3-5,7-8,15,17-20H,2,6,9-13H2,1H3/t15-,17-,18-,19+,20-/m0/s1. The largest absolute Gasteiger partial charge is 0.377 e. The van der Waals surface area contributed by atoms with E-state index in [1.165, 1.54) is 5.56 Å². The molecule has 0 spiro atoms. The van der Waals surface area contributed by atoms with Crippen LogP contribution < -0.4 is 0 Å². The van der Waals surface area contributed by atoms with E-state index in [2.05, 4.69) is 28.1 Å². The van der Waals surface area contributed by atoms with Crippen LogP contribution in [0, 0.1) is 0 Å². The SMILES string of the molecule is CCC(=O)[C@H]1C[C@@H]2O[C@@H](C[C@@H]2Br)[C@H](CCCOCc2ccccc2)O1. The highest BCUT2D eigenvalue weighted by atomic mass is 79.9. The molecule has 1 aromatic rings. The molecule has 0 N–H and O–H groups in total. The molecule has 2 bridgehead atoms. The van der Waals surface area contributed by atoms with Crippen LogP contribution in [0.25, 0.3) is 0 Å². The first-order valence-electron chi connectivity index (χ1n) is 9.26. The van der Waals surface area contributed by atoms with Crippen LogP contribution in [0.4, 0.5) is 0 Å². The number of benzene rings is 1. The molecule has 0 saturated carbocycles. The second-order valence-corrected chi connectivity index (χ2v) is 8.04. The summed E-state index contributed by atoms with van der Waals surface area (Å²) in [5, 5.41) is 0. The van der Waals surface area contributed by atoms with E-state index in [-0.39, 0.29) is 30.2 Å². The van der Waals surface area contributed by atoms with Crippen LogP contribution in [0.5, 0.6) is 0 Å². The molecular formula is C20H27BrO4. The molecular weight excluding hydrogens is 384 g/mol. The first-order valence-corrected chi connectivity index (χ1v) is 10.2. The van der Waals surface area contributed by atoms with E-state index < -0.39 is 0 Å². The maximum atomic E-state index is 12.2. The normalized spacial score (nSPS) is 31.7. The van der Waals surface area contributed by atoms with Crippen molar-refractivity contribution in [1.82, 2.24) is 0 Å². The number of rotatable bonds is 8. The Labute approximate surface area is 158 Å². The smallest absolute Gasteiger partial charge is 0.161 e. The van der Waals surface area contributed by atoms with Gasteiger partial charge in [0.2, 0.25) is 0 Å². The van der Waals surface area contributed by atoms with Gasteiger partial charge in [-0.25, -0.2) is 0 Å². The average molecular weight is 411 g/mol. The van der Waals surface area contributed by atoms with Crippen molar-refractivity contribution in [3.8, 4) is 0 Å². The zero-order valence-electron chi connectivity index (χ0n) is 14.7.